The van der Waals surface area contributed by atoms with Gasteiger partial charge in [-0.25, -0.2) is 0 Å². The molecule has 0 fully saturated rings. The standard InChI is InChI=1S/C28H34N2O3/c1-5-7-16-33-20-14-12-19(13-15-20)27-26-22(17-28(3,4)18-24(26)31)29-21-10-8-9-11-23(21)30(27)25(32)6-2/h8-15,27,29H,5-7,16-18H2,1-4H3. The van der Waals surface area contributed by atoms with E-state index in [-0.39, 0.29) is 17.1 Å². The molecular formula is C28H34N2O3. The minimum Gasteiger partial charge on any atom is -0.494 e. The van der Waals surface area contributed by atoms with Crippen LogP contribution in [0.2, 0.25) is 0 Å². The summed E-state index contributed by atoms with van der Waals surface area (Å²) in [6.07, 6.45) is 3.66. The van der Waals surface area contributed by atoms with Crippen molar-refractivity contribution in [3.05, 3.63) is 65.4 Å². The number of hydrogen-bond acceptors (Lipinski definition) is 4. The second kappa shape index (κ2) is 9.42. The molecule has 0 bridgehead atoms. The van der Waals surface area contributed by atoms with Gasteiger partial charge in [-0.2, -0.15) is 0 Å². The maximum Gasteiger partial charge on any atom is 0.227 e. The zero-order valence-corrected chi connectivity index (χ0v) is 20.1. The van der Waals surface area contributed by atoms with Crippen LogP contribution in [0.15, 0.2) is 59.8 Å². The van der Waals surface area contributed by atoms with Crippen LogP contribution in [0.1, 0.15) is 71.4 Å². The van der Waals surface area contributed by atoms with Gasteiger partial charge in [0.2, 0.25) is 5.91 Å². The van der Waals surface area contributed by atoms with Crippen molar-refractivity contribution in [3.8, 4) is 5.75 Å². The Morgan fingerprint density at radius 1 is 1.09 bits per heavy atom. The molecule has 1 aliphatic carbocycles. The van der Waals surface area contributed by atoms with Gasteiger partial charge in [0.25, 0.3) is 0 Å². The van der Waals surface area contributed by atoms with Crippen LogP contribution in [0.3, 0.4) is 0 Å². The maximum absolute atomic E-state index is 13.6. The molecule has 5 nitrogen and oxygen atoms in total. The van der Waals surface area contributed by atoms with Crippen LogP contribution in [0.4, 0.5) is 11.4 Å². The lowest BCUT2D eigenvalue weighted by Crippen LogP contribution is -2.39. The van der Waals surface area contributed by atoms with Gasteiger partial charge in [0, 0.05) is 24.1 Å². The number of amides is 1. The van der Waals surface area contributed by atoms with Crippen molar-refractivity contribution in [2.24, 2.45) is 5.41 Å². The lowest BCUT2D eigenvalue weighted by molar-refractivity contribution is -0.119. The number of anilines is 2. The van der Waals surface area contributed by atoms with Crippen LogP contribution < -0.4 is 15.0 Å². The third-order valence-corrected chi connectivity index (χ3v) is 6.43. The van der Waals surface area contributed by atoms with E-state index in [9.17, 15) is 9.59 Å². The van der Waals surface area contributed by atoms with Crippen molar-refractivity contribution in [3.63, 3.8) is 0 Å². The first-order valence-electron chi connectivity index (χ1n) is 12.0. The highest BCUT2D eigenvalue weighted by Crippen LogP contribution is 2.48. The summed E-state index contributed by atoms with van der Waals surface area (Å²) in [6, 6.07) is 15.2. The summed E-state index contributed by atoms with van der Waals surface area (Å²) >= 11 is 0. The van der Waals surface area contributed by atoms with Gasteiger partial charge in [0.1, 0.15) is 5.75 Å². The van der Waals surface area contributed by atoms with Crippen molar-refractivity contribution in [1.82, 2.24) is 0 Å². The van der Waals surface area contributed by atoms with E-state index in [2.05, 4.69) is 26.1 Å². The van der Waals surface area contributed by atoms with Crippen LogP contribution in [0, 0.1) is 5.41 Å². The largest absolute Gasteiger partial charge is 0.494 e. The van der Waals surface area contributed by atoms with E-state index in [1.54, 1.807) is 0 Å². The number of Topliss-reactive ketones (excluding diaryl/α,β-unsaturated/α-hetero) is 1. The van der Waals surface area contributed by atoms with E-state index in [0.717, 1.165) is 47.6 Å². The molecule has 1 aliphatic heterocycles. The Hall–Kier alpha value is -3.08. The highest BCUT2D eigenvalue weighted by molar-refractivity contribution is 6.06. The van der Waals surface area contributed by atoms with Crippen molar-refractivity contribution < 1.29 is 14.3 Å². The van der Waals surface area contributed by atoms with Crippen LogP contribution in [-0.2, 0) is 9.59 Å². The van der Waals surface area contributed by atoms with Crippen LogP contribution in [-0.4, -0.2) is 18.3 Å². The predicted molar refractivity (Wildman–Crippen MR) is 132 cm³/mol. The highest BCUT2D eigenvalue weighted by Gasteiger charge is 2.42. The summed E-state index contributed by atoms with van der Waals surface area (Å²) in [7, 11) is 0. The highest BCUT2D eigenvalue weighted by atomic mass is 16.5. The quantitative estimate of drug-likeness (QED) is 0.520. The van der Waals surface area contributed by atoms with Gasteiger partial charge < -0.3 is 10.1 Å². The molecule has 1 unspecified atom stereocenters. The molecule has 0 saturated carbocycles. The van der Waals surface area contributed by atoms with Gasteiger partial charge in [-0.1, -0.05) is 58.4 Å². The second-order valence-corrected chi connectivity index (χ2v) is 9.77. The molecular weight excluding hydrogens is 412 g/mol. The van der Waals surface area contributed by atoms with Gasteiger partial charge in [0.05, 0.1) is 24.0 Å². The molecule has 1 N–H and O–H groups in total. The number of allylic oxidation sites excluding steroid dienone is 1. The topological polar surface area (TPSA) is 58.6 Å². The summed E-state index contributed by atoms with van der Waals surface area (Å²) < 4.78 is 5.85. The Labute approximate surface area is 196 Å². The van der Waals surface area contributed by atoms with Crippen LogP contribution in [0.5, 0.6) is 5.75 Å². The molecule has 1 atom stereocenters. The molecule has 2 aliphatic rings. The van der Waals surface area contributed by atoms with Crippen molar-refractivity contribution in [1.29, 1.82) is 0 Å². The summed E-state index contributed by atoms with van der Waals surface area (Å²) in [6.45, 7) is 8.93. The molecule has 2 aromatic rings. The SMILES string of the molecule is CCCCOc1ccc(C2C3=C(CC(C)(C)CC3=O)Nc3ccccc3N2C(=O)CC)cc1. The molecule has 174 valence electrons. The molecule has 1 amide bonds. The average Bonchev–Trinajstić information content (AvgIpc) is 2.92. The molecule has 5 heteroatoms. The van der Waals surface area contributed by atoms with Crippen LogP contribution in [0.25, 0.3) is 0 Å². The molecule has 0 spiro atoms. The maximum atomic E-state index is 13.6. The number of carbonyl (C=O) groups is 2. The first kappa shape index (κ1) is 23.1. The number of nitrogens with one attached hydrogen (secondary N) is 1. The van der Waals surface area contributed by atoms with Crippen molar-refractivity contribution in [2.45, 2.75) is 65.8 Å². The van der Waals surface area contributed by atoms with Gasteiger partial charge in [-0.15, -0.1) is 0 Å². The lowest BCUT2D eigenvalue weighted by atomic mass is 9.73. The number of unbranched alkanes of at least 4 members (excludes halogenated alkanes) is 1. The Morgan fingerprint density at radius 2 is 1.82 bits per heavy atom. The Morgan fingerprint density at radius 3 is 2.52 bits per heavy atom. The van der Waals surface area contributed by atoms with Crippen LogP contribution >= 0.6 is 0 Å². The molecule has 33 heavy (non-hydrogen) atoms. The summed E-state index contributed by atoms with van der Waals surface area (Å²) in [5.74, 6) is 0.894. The number of nitrogens with zero attached hydrogens (tertiary/aromatic N) is 1. The fourth-order valence-electron chi connectivity index (χ4n) is 4.83. The fourth-order valence-corrected chi connectivity index (χ4v) is 4.83. The van der Waals surface area contributed by atoms with E-state index in [4.69, 9.17) is 4.74 Å². The molecule has 0 radical (unpaired) electrons. The summed E-state index contributed by atoms with van der Waals surface area (Å²) in [4.78, 5) is 28.7. The van der Waals surface area contributed by atoms with Gasteiger partial charge >= 0.3 is 0 Å². The monoisotopic (exact) mass is 446 g/mol. The van der Waals surface area contributed by atoms with Gasteiger partial charge in [-0.3, -0.25) is 14.5 Å². The molecule has 2 aromatic carbocycles. The third-order valence-electron chi connectivity index (χ3n) is 6.43. The lowest BCUT2D eigenvalue weighted by Gasteiger charge is -2.37. The first-order valence-corrected chi connectivity index (χ1v) is 12.0. The van der Waals surface area contributed by atoms with E-state index >= 15 is 0 Å². The fraction of sp³-hybridized carbons (Fsp3) is 0.429. The number of ketones is 1. The number of rotatable bonds is 6. The number of hydrogen-bond donors (Lipinski definition) is 1. The zero-order chi connectivity index (χ0) is 23.6. The number of ether oxygens (including phenoxy) is 1. The number of carbonyl (C=O) groups excluding carboxylic acids is 2. The molecule has 4 rings (SSSR count). The van der Waals surface area contributed by atoms with Crippen molar-refractivity contribution >= 4 is 23.1 Å². The van der Waals surface area contributed by atoms with E-state index in [0.29, 0.717) is 25.0 Å². The minimum absolute atomic E-state index is 0.0103. The van der Waals surface area contributed by atoms with E-state index in [1.165, 1.54) is 0 Å². The number of benzene rings is 2. The molecule has 1 heterocycles. The average molecular weight is 447 g/mol. The van der Waals surface area contributed by atoms with Gasteiger partial charge in [0.15, 0.2) is 5.78 Å². The van der Waals surface area contributed by atoms with Crippen molar-refractivity contribution in [2.75, 3.05) is 16.8 Å². The minimum atomic E-state index is -0.475. The summed E-state index contributed by atoms with van der Waals surface area (Å²) in [5, 5.41) is 3.54. The predicted octanol–water partition coefficient (Wildman–Crippen LogP) is 6.42. The second-order valence-electron chi connectivity index (χ2n) is 9.77. The molecule has 0 saturated heterocycles. The normalized spacial score (nSPS) is 19.3. The number of fused-ring (bicyclic) bond motifs is 1. The number of para-hydroxylation sites is 2. The summed E-state index contributed by atoms with van der Waals surface area (Å²) in [5.41, 5.74) is 4.06. The Balaban J connectivity index is 1.86. The smallest absolute Gasteiger partial charge is 0.227 e. The first-order chi connectivity index (χ1) is 15.8. The Bertz CT molecular complexity index is 1070. The third kappa shape index (κ3) is 4.68. The van der Waals surface area contributed by atoms with E-state index < -0.39 is 6.04 Å². The Kier molecular flexibility index (Phi) is 6.59. The molecule has 0 aromatic heterocycles. The van der Waals surface area contributed by atoms with E-state index in [1.807, 2.05) is 60.4 Å². The van der Waals surface area contributed by atoms with Gasteiger partial charge in [-0.05, 0) is 48.1 Å². The zero-order valence-electron chi connectivity index (χ0n) is 20.1.